The Labute approximate surface area is 107 Å². The molecule has 0 radical (unpaired) electrons. The van der Waals surface area contributed by atoms with Crippen LogP contribution in [-0.2, 0) is 15.6 Å². The second-order valence-electron chi connectivity index (χ2n) is 4.10. The molecule has 100 valence electrons. The fourth-order valence-corrected chi connectivity index (χ4v) is 2.24. The van der Waals surface area contributed by atoms with E-state index in [1.807, 2.05) is 0 Å². The fourth-order valence-electron chi connectivity index (χ4n) is 1.44. The number of nitrogens with one attached hydrogen (secondary N) is 1. The molecule has 1 rings (SSSR count). The highest BCUT2D eigenvalue weighted by atomic mass is 32.2. The molecule has 0 unspecified atom stereocenters. The Balaban J connectivity index is 2.62. The van der Waals surface area contributed by atoms with Gasteiger partial charge in [0.05, 0.1) is 5.75 Å². The molecule has 0 aromatic heterocycles. The first-order chi connectivity index (χ1) is 8.42. The minimum atomic E-state index is -3.06. The summed E-state index contributed by atoms with van der Waals surface area (Å²) in [5.41, 5.74) is 1.13. The van der Waals surface area contributed by atoms with Crippen LogP contribution in [0.2, 0.25) is 0 Å². The molecular formula is C12H17NO4S. The lowest BCUT2D eigenvalue weighted by atomic mass is 10.1. The molecule has 2 N–H and O–H groups in total. The van der Waals surface area contributed by atoms with Gasteiger partial charge in [-0.05, 0) is 24.1 Å². The Morgan fingerprint density at radius 3 is 2.39 bits per heavy atom. The fraction of sp³-hybridized carbons (Fsp3) is 0.417. The van der Waals surface area contributed by atoms with Crippen molar-refractivity contribution in [2.75, 3.05) is 19.4 Å². The van der Waals surface area contributed by atoms with Crippen molar-refractivity contribution in [3.05, 3.63) is 35.4 Å². The third-order valence-electron chi connectivity index (χ3n) is 2.27. The van der Waals surface area contributed by atoms with E-state index in [0.717, 1.165) is 0 Å². The lowest BCUT2D eigenvalue weighted by Crippen LogP contribution is -2.24. The average Bonchev–Trinajstić information content (AvgIpc) is 2.28. The standard InChI is InChI=1S/C12H17NO4S/c1-18(16,17)9-10-3-5-11(6-4-10)12(15)13-7-2-8-14/h3-6,14H,2,7-9H2,1H3,(H,13,15). The third kappa shape index (κ3) is 5.29. The van der Waals surface area contributed by atoms with Gasteiger partial charge in [-0.15, -0.1) is 0 Å². The maximum absolute atomic E-state index is 11.6. The number of aliphatic hydroxyl groups excluding tert-OH is 1. The van der Waals surface area contributed by atoms with Crippen molar-refractivity contribution < 1.29 is 18.3 Å². The van der Waals surface area contributed by atoms with E-state index >= 15 is 0 Å². The van der Waals surface area contributed by atoms with E-state index in [4.69, 9.17) is 5.11 Å². The van der Waals surface area contributed by atoms with Gasteiger partial charge in [-0.2, -0.15) is 0 Å². The molecule has 0 aliphatic carbocycles. The van der Waals surface area contributed by atoms with Gasteiger partial charge in [-0.3, -0.25) is 4.79 Å². The number of rotatable bonds is 6. The van der Waals surface area contributed by atoms with Gasteiger partial charge in [0.15, 0.2) is 9.84 Å². The van der Waals surface area contributed by atoms with E-state index < -0.39 is 9.84 Å². The molecule has 1 amide bonds. The second kappa shape index (κ2) is 6.51. The van der Waals surface area contributed by atoms with Crippen molar-refractivity contribution >= 4 is 15.7 Å². The van der Waals surface area contributed by atoms with E-state index in [-0.39, 0.29) is 18.3 Å². The lowest BCUT2D eigenvalue weighted by Gasteiger charge is -2.05. The predicted octanol–water partition coefficient (Wildman–Crippen LogP) is 0.343. The first kappa shape index (κ1) is 14.7. The number of aliphatic hydroxyl groups is 1. The van der Waals surface area contributed by atoms with Gasteiger partial charge in [0, 0.05) is 25.0 Å². The summed E-state index contributed by atoms with van der Waals surface area (Å²) >= 11 is 0. The van der Waals surface area contributed by atoms with E-state index in [2.05, 4.69) is 5.32 Å². The maximum Gasteiger partial charge on any atom is 0.251 e. The summed E-state index contributed by atoms with van der Waals surface area (Å²) in [5.74, 6) is -0.256. The second-order valence-corrected chi connectivity index (χ2v) is 6.24. The molecule has 1 aromatic carbocycles. The number of carbonyl (C=O) groups excluding carboxylic acids is 1. The van der Waals surface area contributed by atoms with Crippen LogP contribution >= 0.6 is 0 Å². The molecule has 0 atom stereocenters. The van der Waals surface area contributed by atoms with E-state index in [0.29, 0.717) is 24.1 Å². The van der Waals surface area contributed by atoms with Crippen LogP contribution < -0.4 is 5.32 Å². The number of sulfone groups is 1. The summed E-state index contributed by atoms with van der Waals surface area (Å²) in [7, 11) is -3.06. The van der Waals surface area contributed by atoms with Crippen LogP contribution in [0.1, 0.15) is 22.3 Å². The smallest absolute Gasteiger partial charge is 0.251 e. The number of carbonyl (C=O) groups is 1. The minimum absolute atomic E-state index is 0.0284. The van der Waals surface area contributed by atoms with Crippen LogP contribution in [0.25, 0.3) is 0 Å². The molecule has 0 fully saturated rings. The zero-order chi connectivity index (χ0) is 13.6. The van der Waals surface area contributed by atoms with Gasteiger partial charge in [-0.1, -0.05) is 12.1 Å². The van der Waals surface area contributed by atoms with Gasteiger partial charge in [0.1, 0.15) is 0 Å². The number of hydrogen-bond acceptors (Lipinski definition) is 4. The van der Waals surface area contributed by atoms with Crippen LogP contribution in [0, 0.1) is 0 Å². The van der Waals surface area contributed by atoms with Crippen LogP contribution in [0.4, 0.5) is 0 Å². The first-order valence-electron chi connectivity index (χ1n) is 5.58. The predicted molar refractivity (Wildman–Crippen MR) is 69.0 cm³/mol. The highest BCUT2D eigenvalue weighted by Gasteiger charge is 2.07. The number of amides is 1. The minimum Gasteiger partial charge on any atom is -0.396 e. The summed E-state index contributed by atoms with van der Waals surface area (Å²) in [5, 5.41) is 11.2. The van der Waals surface area contributed by atoms with Crippen molar-refractivity contribution in [3.8, 4) is 0 Å². The Bertz CT molecular complexity index is 493. The number of hydrogen-bond donors (Lipinski definition) is 2. The normalized spacial score (nSPS) is 11.2. The zero-order valence-electron chi connectivity index (χ0n) is 10.2. The Kier molecular flexibility index (Phi) is 5.30. The molecule has 5 nitrogen and oxygen atoms in total. The topological polar surface area (TPSA) is 83.5 Å². The van der Waals surface area contributed by atoms with Gasteiger partial charge in [0.25, 0.3) is 5.91 Å². The largest absolute Gasteiger partial charge is 0.396 e. The summed E-state index contributed by atoms with van der Waals surface area (Å²) < 4.78 is 22.2. The summed E-state index contributed by atoms with van der Waals surface area (Å²) in [6.07, 6.45) is 1.68. The molecule has 0 saturated heterocycles. The zero-order valence-corrected chi connectivity index (χ0v) is 11.0. The Morgan fingerprint density at radius 2 is 1.89 bits per heavy atom. The average molecular weight is 271 g/mol. The third-order valence-corrected chi connectivity index (χ3v) is 3.12. The maximum atomic E-state index is 11.6. The molecule has 18 heavy (non-hydrogen) atoms. The van der Waals surface area contributed by atoms with Crippen LogP contribution in [-0.4, -0.2) is 38.8 Å². The van der Waals surface area contributed by atoms with Crippen molar-refractivity contribution in [2.24, 2.45) is 0 Å². The van der Waals surface area contributed by atoms with E-state index in [1.165, 1.54) is 6.26 Å². The van der Waals surface area contributed by atoms with Gasteiger partial charge >= 0.3 is 0 Å². The molecule has 0 bridgehead atoms. The monoisotopic (exact) mass is 271 g/mol. The van der Waals surface area contributed by atoms with Gasteiger partial charge < -0.3 is 10.4 Å². The van der Waals surface area contributed by atoms with Crippen molar-refractivity contribution in [1.29, 1.82) is 0 Å². The highest BCUT2D eigenvalue weighted by molar-refractivity contribution is 7.89. The van der Waals surface area contributed by atoms with Gasteiger partial charge in [-0.25, -0.2) is 8.42 Å². The Morgan fingerprint density at radius 1 is 1.28 bits per heavy atom. The van der Waals surface area contributed by atoms with Crippen molar-refractivity contribution in [2.45, 2.75) is 12.2 Å². The molecule has 0 aliphatic heterocycles. The van der Waals surface area contributed by atoms with Crippen LogP contribution in [0.5, 0.6) is 0 Å². The van der Waals surface area contributed by atoms with E-state index in [9.17, 15) is 13.2 Å². The van der Waals surface area contributed by atoms with E-state index in [1.54, 1.807) is 24.3 Å². The molecule has 0 aliphatic rings. The molecule has 0 heterocycles. The van der Waals surface area contributed by atoms with Crippen molar-refractivity contribution in [1.82, 2.24) is 5.32 Å². The first-order valence-corrected chi connectivity index (χ1v) is 7.64. The summed E-state index contributed by atoms with van der Waals surface area (Å²) in [6, 6.07) is 6.44. The summed E-state index contributed by atoms with van der Waals surface area (Å²) in [4.78, 5) is 11.6. The lowest BCUT2D eigenvalue weighted by molar-refractivity contribution is 0.0951. The Hall–Kier alpha value is -1.40. The molecule has 6 heteroatoms. The van der Waals surface area contributed by atoms with Gasteiger partial charge in [0.2, 0.25) is 0 Å². The quantitative estimate of drug-likeness (QED) is 0.731. The number of benzene rings is 1. The van der Waals surface area contributed by atoms with Crippen LogP contribution in [0.15, 0.2) is 24.3 Å². The summed E-state index contributed by atoms with van der Waals surface area (Å²) in [6.45, 7) is 0.452. The van der Waals surface area contributed by atoms with Crippen molar-refractivity contribution in [3.63, 3.8) is 0 Å². The highest BCUT2D eigenvalue weighted by Crippen LogP contribution is 2.07. The molecule has 1 aromatic rings. The molecule has 0 spiro atoms. The molecule has 0 saturated carbocycles. The molecular weight excluding hydrogens is 254 g/mol. The van der Waals surface area contributed by atoms with Crippen LogP contribution in [0.3, 0.4) is 0 Å². The SMILES string of the molecule is CS(=O)(=O)Cc1ccc(C(=O)NCCCO)cc1.